The lowest BCUT2D eigenvalue weighted by molar-refractivity contribution is -0.138. The van der Waals surface area contributed by atoms with Crippen molar-refractivity contribution in [1.82, 2.24) is 10.2 Å². The maximum Gasteiger partial charge on any atom is 0.337 e. The zero-order valence-corrected chi connectivity index (χ0v) is 16.9. The van der Waals surface area contributed by atoms with Crippen LogP contribution in [0.3, 0.4) is 0 Å². The molecule has 1 aliphatic heterocycles. The SMILES string of the molecule is COC(=O)C1=C(C)N(CCCCCC(=O)O)C(=O)N[C@@H]1c1ccccc1Br. The molecule has 0 saturated carbocycles. The van der Waals surface area contributed by atoms with Gasteiger partial charge in [0.2, 0.25) is 0 Å². The highest BCUT2D eigenvalue weighted by Gasteiger charge is 2.36. The molecule has 146 valence electrons. The monoisotopic (exact) mass is 438 g/mol. The lowest BCUT2D eigenvalue weighted by Crippen LogP contribution is -2.48. The first kappa shape index (κ1) is 21.0. The van der Waals surface area contributed by atoms with Gasteiger partial charge in [0.25, 0.3) is 0 Å². The molecule has 1 aromatic rings. The molecule has 2 N–H and O–H groups in total. The minimum absolute atomic E-state index is 0.110. The Morgan fingerprint density at radius 2 is 1.96 bits per heavy atom. The van der Waals surface area contributed by atoms with Gasteiger partial charge >= 0.3 is 18.0 Å². The van der Waals surface area contributed by atoms with Crippen molar-refractivity contribution in [1.29, 1.82) is 0 Å². The summed E-state index contributed by atoms with van der Waals surface area (Å²) in [6.45, 7) is 2.13. The number of methoxy groups -OCH3 is 1. The maximum atomic E-state index is 12.6. The number of carbonyl (C=O) groups excluding carboxylic acids is 2. The fourth-order valence-electron chi connectivity index (χ4n) is 3.09. The maximum absolute atomic E-state index is 12.6. The summed E-state index contributed by atoms with van der Waals surface area (Å²) in [7, 11) is 1.31. The highest BCUT2D eigenvalue weighted by Crippen LogP contribution is 2.34. The highest BCUT2D eigenvalue weighted by atomic mass is 79.9. The van der Waals surface area contributed by atoms with Crippen LogP contribution in [-0.4, -0.2) is 41.6 Å². The third kappa shape index (κ3) is 5.09. The van der Waals surface area contributed by atoms with Crippen LogP contribution >= 0.6 is 15.9 Å². The Kier molecular flexibility index (Phi) is 7.41. The van der Waals surface area contributed by atoms with Gasteiger partial charge in [0.1, 0.15) is 0 Å². The van der Waals surface area contributed by atoms with E-state index in [4.69, 9.17) is 9.84 Å². The summed E-state index contributed by atoms with van der Waals surface area (Å²) in [5.74, 6) is -1.32. The van der Waals surface area contributed by atoms with Gasteiger partial charge in [-0.3, -0.25) is 9.69 Å². The van der Waals surface area contributed by atoms with Crippen LogP contribution in [-0.2, 0) is 14.3 Å². The van der Waals surface area contributed by atoms with Gasteiger partial charge in [0.05, 0.1) is 18.7 Å². The van der Waals surface area contributed by atoms with Crippen LogP contribution in [0.25, 0.3) is 0 Å². The Hall–Kier alpha value is -2.35. The van der Waals surface area contributed by atoms with Crippen LogP contribution in [0.4, 0.5) is 4.79 Å². The summed E-state index contributed by atoms with van der Waals surface area (Å²) in [5.41, 5.74) is 1.70. The first-order valence-corrected chi connectivity index (χ1v) is 9.49. The molecular formula is C19H23BrN2O5. The first-order valence-electron chi connectivity index (χ1n) is 8.70. The zero-order valence-electron chi connectivity index (χ0n) is 15.3. The fraction of sp³-hybridized carbons (Fsp3) is 0.421. The highest BCUT2D eigenvalue weighted by molar-refractivity contribution is 9.10. The number of esters is 1. The van der Waals surface area contributed by atoms with Crippen molar-refractivity contribution in [2.24, 2.45) is 0 Å². The Morgan fingerprint density at radius 1 is 1.26 bits per heavy atom. The number of ether oxygens (including phenoxy) is 1. The second-order valence-corrected chi connectivity index (χ2v) is 7.11. The summed E-state index contributed by atoms with van der Waals surface area (Å²) >= 11 is 3.47. The van der Waals surface area contributed by atoms with Gasteiger partial charge in [-0.1, -0.05) is 40.5 Å². The molecule has 8 heteroatoms. The number of amides is 2. The molecule has 0 saturated heterocycles. The number of carboxylic acids is 1. The average Bonchev–Trinajstić information content (AvgIpc) is 2.63. The van der Waals surface area contributed by atoms with Crippen molar-refractivity contribution in [2.75, 3.05) is 13.7 Å². The minimum atomic E-state index is -0.828. The number of allylic oxidation sites excluding steroid dienone is 1. The van der Waals surface area contributed by atoms with Crippen molar-refractivity contribution in [2.45, 2.75) is 38.6 Å². The summed E-state index contributed by atoms with van der Waals surface area (Å²) in [4.78, 5) is 37.2. The number of unbranched alkanes of at least 4 members (excludes halogenated alkanes) is 2. The van der Waals surface area contributed by atoms with E-state index in [-0.39, 0.29) is 12.5 Å². The molecule has 2 amide bonds. The zero-order chi connectivity index (χ0) is 20.0. The summed E-state index contributed by atoms with van der Waals surface area (Å²) in [5, 5.41) is 11.6. The molecule has 27 heavy (non-hydrogen) atoms. The van der Waals surface area contributed by atoms with Gasteiger partial charge in [-0.2, -0.15) is 0 Å². The molecule has 0 spiro atoms. The molecule has 1 heterocycles. The van der Waals surface area contributed by atoms with E-state index < -0.39 is 18.0 Å². The van der Waals surface area contributed by atoms with E-state index in [1.54, 1.807) is 6.92 Å². The quantitative estimate of drug-likeness (QED) is 0.477. The summed E-state index contributed by atoms with van der Waals surface area (Å²) in [6, 6.07) is 6.48. The Labute approximate surface area is 166 Å². The van der Waals surface area contributed by atoms with Gasteiger partial charge in [-0.25, -0.2) is 9.59 Å². The normalized spacial score (nSPS) is 16.9. The molecule has 0 unspecified atom stereocenters. The average molecular weight is 439 g/mol. The Bertz CT molecular complexity index is 762. The van der Waals surface area contributed by atoms with E-state index >= 15 is 0 Å². The molecule has 0 aromatic heterocycles. The number of aliphatic carboxylic acids is 1. The standard InChI is InChI=1S/C19H23BrN2O5/c1-12-16(18(25)27-2)17(13-8-5-6-9-14(13)20)21-19(26)22(12)11-7-3-4-10-15(23)24/h5-6,8-9,17H,3-4,7,10-11H2,1-2H3,(H,21,26)(H,23,24)/t17-/m1/s1. The molecule has 2 rings (SSSR count). The van der Waals surface area contributed by atoms with Crippen LogP contribution < -0.4 is 5.32 Å². The number of carboxylic acid groups (broad SMARTS) is 1. The molecule has 0 aliphatic carbocycles. The predicted molar refractivity (Wildman–Crippen MR) is 103 cm³/mol. The number of benzene rings is 1. The molecule has 0 fully saturated rings. The van der Waals surface area contributed by atoms with Crippen LogP contribution in [0.15, 0.2) is 40.0 Å². The van der Waals surface area contributed by atoms with Crippen molar-refractivity contribution < 1.29 is 24.2 Å². The smallest absolute Gasteiger partial charge is 0.337 e. The third-order valence-corrected chi connectivity index (χ3v) is 5.21. The molecule has 1 atom stereocenters. The van der Waals surface area contributed by atoms with E-state index in [1.165, 1.54) is 12.0 Å². The van der Waals surface area contributed by atoms with Gasteiger partial charge in [-0.05, 0) is 31.4 Å². The van der Waals surface area contributed by atoms with E-state index in [2.05, 4.69) is 21.2 Å². The van der Waals surface area contributed by atoms with Crippen LogP contribution in [0.1, 0.15) is 44.2 Å². The first-order chi connectivity index (χ1) is 12.9. The number of hydrogen-bond donors (Lipinski definition) is 2. The van der Waals surface area contributed by atoms with Gasteiger partial charge < -0.3 is 15.2 Å². The molecule has 0 radical (unpaired) electrons. The van der Waals surface area contributed by atoms with E-state index in [0.717, 1.165) is 10.0 Å². The number of nitrogens with zero attached hydrogens (tertiary/aromatic N) is 1. The summed E-state index contributed by atoms with van der Waals surface area (Å²) < 4.78 is 5.73. The predicted octanol–water partition coefficient (Wildman–Crippen LogP) is 3.61. The van der Waals surface area contributed by atoms with E-state index in [9.17, 15) is 14.4 Å². The van der Waals surface area contributed by atoms with Crippen LogP contribution in [0, 0.1) is 0 Å². The van der Waals surface area contributed by atoms with Crippen LogP contribution in [0.5, 0.6) is 0 Å². The molecular weight excluding hydrogens is 416 g/mol. The molecule has 1 aromatic carbocycles. The lowest BCUT2D eigenvalue weighted by Gasteiger charge is -2.35. The second kappa shape index (κ2) is 9.55. The summed E-state index contributed by atoms with van der Waals surface area (Å²) in [6.07, 6.45) is 1.99. The molecule has 7 nitrogen and oxygen atoms in total. The largest absolute Gasteiger partial charge is 0.481 e. The van der Waals surface area contributed by atoms with Crippen molar-refractivity contribution >= 4 is 33.9 Å². The number of hydrogen-bond acceptors (Lipinski definition) is 4. The number of rotatable bonds is 8. The Morgan fingerprint density at radius 3 is 2.59 bits per heavy atom. The fourth-order valence-corrected chi connectivity index (χ4v) is 3.60. The Balaban J connectivity index is 2.25. The number of halogens is 1. The van der Waals surface area contributed by atoms with Gasteiger partial charge in [0.15, 0.2) is 0 Å². The van der Waals surface area contributed by atoms with Crippen molar-refractivity contribution in [3.05, 3.63) is 45.6 Å². The molecule has 1 aliphatic rings. The molecule has 0 bridgehead atoms. The van der Waals surface area contributed by atoms with Crippen LogP contribution in [0.2, 0.25) is 0 Å². The van der Waals surface area contributed by atoms with Gasteiger partial charge in [-0.15, -0.1) is 0 Å². The van der Waals surface area contributed by atoms with E-state index in [1.807, 2.05) is 24.3 Å². The topological polar surface area (TPSA) is 95.9 Å². The van der Waals surface area contributed by atoms with Gasteiger partial charge in [0, 0.05) is 23.1 Å². The van der Waals surface area contributed by atoms with E-state index in [0.29, 0.717) is 37.1 Å². The number of carbonyl (C=O) groups is 3. The van der Waals surface area contributed by atoms with Crippen molar-refractivity contribution in [3.63, 3.8) is 0 Å². The third-order valence-electron chi connectivity index (χ3n) is 4.49. The second-order valence-electron chi connectivity index (χ2n) is 6.25. The van der Waals surface area contributed by atoms with Crippen molar-refractivity contribution in [3.8, 4) is 0 Å². The number of urea groups is 1. The number of nitrogens with one attached hydrogen (secondary N) is 1. The minimum Gasteiger partial charge on any atom is -0.481 e. The lowest BCUT2D eigenvalue weighted by atomic mass is 9.95.